The van der Waals surface area contributed by atoms with Gasteiger partial charge in [-0.2, -0.15) is 0 Å². The van der Waals surface area contributed by atoms with Crippen LogP contribution in [0.2, 0.25) is 0 Å². The molecule has 144 valence electrons. The van der Waals surface area contributed by atoms with E-state index in [1.807, 2.05) is 0 Å². The van der Waals surface area contributed by atoms with Crippen LogP contribution < -0.4 is 4.74 Å². The van der Waals surface area contributed by atoms with Gasteiger partial charge < -0.3 is 14.2 Å². The van der Waals surface area contributed by atoms with Crippen molar-refractivity contribution in [3.63, 3.8) is 0 Å². The summed E-state index contributed by atoms with van der Waals surface area (Å²) in [6.07, 6.45) is -0.677. The van der Waals surface area contributed by atoms with E-state index in [1.54, 1.807) is 65.0 Å². The quantitative estimate of drug-likeness (QED) is 0.680. The van der Waals surface area contributed by atoms with Gasteiger partial charge in [-0.3, -0.25) is 0 Å². The molecule has 2 aromatic rings. The summed E-state index contributed by atoms with van der Waals surface area (Å²) in [6, 6.07) is 8.39. The van der Waals surface area contributed by atoms with Gasteiger partial charge in [0.1, 0.15) is 4.88 Å². The molecule has 0 aliphatic rings. The third-order valence-electron chi connectivity index (χ3n) is 3.35. The lowest BCUT2D eigenvalue weighted by atomic mass is 10.2. The lowest BCUT2D eigenvalue weighted by Crippen LogP contribution is -2.14. The fourth-order valence-electron chi connectivity index (χ4n) is 2.21. The minimum atomic E-state index is -0.655. The first-order valence-corrected chi connectivity index (χ1v) is 9.35. The Morgan fingerprint density at radius 1 is 0.815 bits per heavy atom. The highest BCUT2D eigenvalue weighted by molar-refractivity contribution is 7.16. The second kappa shape index (κ2) is 8.81. The van der Waals surface area contributed by atoms with E-state index < -0.39 is 17.9 Å². The monoisotopic (exact) mass is 390 g/mol. The van der Waals surface area contributed by atoms with E-state index in [0.717, 1.165) is 11.3 Å². The van der Waals surface area contributed by atoms with Gasteiger partial charge in [-0.1, -0.05) is 18.2 Å². The molecule has 7 heteroatoms. The van der Waals surface area contributed by atoms with Crippen molar-refractivity contribution in [2.45, 2.75) is 46.8 Å². The van der Waals surface area contributed by atoms with Crippen LogP contribution in [0.25, 0.3) is 0 Å². The summed E-state index contributed by atoms with van der Waals surface area (Å²) in [7, 11) is 0. The summed E-state index contributed by atoms with van der Waals surface area (Å²) in [5.74, 6) is -1.83. The first kappa shape index (κ1) is 20.6. The topological polar surface area (TPSA) is 78.9 Å². The average molecular weight is 390 g/mol. The summed E-state index contributed by atoms with van der Waals surface area (Å²) in [5.41, 5.74) is 0.697. The van der Waals surface area contributed by atoms with Crippen LogP contribution >= 0.6 is 11.3 Å². The summed E-state index contributed by atoms with van der Waals surface area (Å²) in [6.45, 7) is 8.48. The molecule has 0 saturated heterocycles. The minimum absolute atomic E-state index is 0.0233. The van der Waals surface area contributed by atoms with E-state index in [0.29, 0.717) is 11.1 Å². The number of rotatable bonds is 6. The fraction of sp³-hybridized carbons (Fsp3) is 0.350. The second-order valence-electron chi connectivity index (χ2n) is 6.38. The zero-order valence-corrected chi connectivity index (χ0v) is 16.7. The van der Waals surface area contributed by atoms with Crippen molar-refractivity contribution in [1.82, 2.24) is 0 Å². The van der Waals surface area contributed by atoms with Crippen LogP contribution in [0.3, 0.4) is 0 Å². The van der Waals surface area contributed by atoms with Crippen molar-refractivity contribution in [2.75, 3.05) is 0 Å². The van der Waals surface area contributed by atoms with Crippen LogP contribution in [0.15, 0.2) is 30.3 Å². The van der Waals surface area contributed by atoms with Gasteiger partial charge in [-0.05, 0) is 46.8 Å². The number of hydrogen-bond acceptors (Lipinski definition) is 7. The highest BCUT2D eigenvalue weighted by atomic mass is 32.1. The van der Waals surface area contributed by atoms with E-state index in [2.05, 4.69) is 0 Å². The van der Waals surface area contributed by atoms with Crippen LogP contribution in [-0.4, -0.2) is 30.1 Å². The Morgan fingerprint density at radius 2 is 1.33 bits per heavy atom. The third kappa shape index (κ3) is 5.17. The predicted molar refractivity (Wildman–Crippen MR) is 102 cm³/mol. The van der Waals surface area contributed by atoms with E-state index >= 15 is 0 Å². The molecule has 27 heavy (non-hydrogen) atoms. The maximum atomic E-state index is 12.4. The van der Waals surface area contributed by atoms with Gasteiger partial charge in [-0.25, -0.2) is 14.4 Å². The molecule has 0 aliphatic heterocycles. The normalized spacial score (nSPS) is 10.8. The summed E-state index contributed by atoms with van der Waals surface area (Å²) < 4.78 is 15.9. The summed E-state index contributed by atoms with van der Waals surface area (Å²) in [4.78, 5) is 37.5. The van der Waals surface area contributed by atoms with E-state index in [-0.39, 0.29) is 27.7 Å². The van der Waals surface area contributed by atoms with Crippen LogP contribution in [0.4, 0.5) is 0 Å². The maximum Gasteiger partial charge on any atom is 0.352 e. The molecule has 0 saturated carbocycles. The first-order valence-electron chi connectivity index (χ1n) is 8.53. The molecule has 1 heterocycles. The Bertz CT molecular complexity index is 836. The number of ether oxygens (including phenoxy) is 3. The molecule has 0 amide bonds. The smallest absolute Gasteiger partial charge is 0.352 e. The molecule has 0 N–H and O–H groups in total. The number of hydrogen-bond donors (Lipinski definition) is 0. The van der Waals surface area contributed by atoms with Crippen LogP contribution in [0.1, 0.15) is 63.0 Å². The molecule has 2 rings (SSSR count). The van der Waals surface area contributed by atoms with E-state index in [9.17, 15) is 14.4 Å². The van der Waals surface area contributed by atoms with Gasteiger partial charge >= 0.3 is 17.9 Å². The number of benzene rings is 1. The molecule has 0 atom stereocenters. The van der Waals surface area contributed by atoms with E-state index in [4.69, 9.17) is 14.2 Å². The zero-order chi connectivity index (χ0) is 20.1. The van der Waals surface area contributed by atoms with Crippen molar-refractivity contribution in [2.24, 2.45) is 0 Å². The van der Waals surface area contributed by atoms with Crippen molar-refractivity contribution >= 4 is 29.2 Å². The number of carbonyl (C=O) groups is 3. The summed E-state index contributed by atoms with van der Waals surface area (Å²) in [5, 5.41) is 0. The maximum absolute atomic E-state index is 12.4. The Kier molecular flexibility index (Phi) is 6.74. The van der Waals surface area contributed by atoms with Gasteiger partial charge in [-0.15, -0.1) is 11.3 Å². The molecule has 0 spiro atoms. The number of esters is 3. The lowest BCUT2D eigenvalue weighted by Gasteiger charge is -2.09. The average Bonchev–Trinajstić information content (AvgIpc) is 2.91. The van der Waals surface area contributed by atoms with Gasteiger partial charge in [0, 0.05) is 5.56 Å². The van der Waals surface area contributed by atoms with Gasteiger partial charge in [0.2, 0.25) is 0 Å². The molecule has 0 radical (unpaired) electrons. The first-order chi connectivity index (χ1) is 12.7. The Morgan fingerprint density at radius 3 is 1.85 bits per heavy atom. The Balaban J connectivity index is 2.43. The molecule has 6 nitrogen and oxygen atoms in total. The SMILES string of the molecule is Cc1c(C(=O)OC(C)C)sc(C(=O)OC(C)C)c1OC(=O)c1ccccc1. The standard InChI is InChI=1S/C20H22O6S/c1-11(2)24-19(22)16-13(5)15(17(27-16)20(23)25-12(3)4)26-18(21)14-9-7-6-8-10-14/h6-12H,1-5H3. The molecule has 0 fully saturated rings. The molecular formula is C20H22O6S. The number of carbonyl (C=O) groups excluding carboxylic acids is 3. The minimum Gasteiger partial charge on any atom is -0.459 e. The van der Waals surface area contributed by atoms with Crippen molar-refractivity contribution < 1.29 is 28.6 Å². The van der Waals surface area contributed by atoms with Gasteiger partial charge in [0.25, 0.3) is 0 Å². The number of thiophene rings is 1. The molecule has 1 aromatic carbocycles. The molecule has 0 aliphatic carbocycles. The van der Waals surface area contributed by atoms with Crippen molar-refractivity contribution in [3.8, 4) is 5.75 Å². The van der Waals surface area contributed by atoms with Crippen LogP contribution in [0, 0.1) is 6.92 Å². The van der Waals surface area contributed by atoms with Crippen molar-refractivity contribution in [3.05, 3.63) is 51.2 Å². The highest BCUT2D eigenvalue weighted by Crippen LogP contribution is 2.37. The third-order valence-corrected chi connectivity index (χ3v) is 4.59. The van der Waals surface area contributed by atoms with Crippen LogP contribution in [-0.2, 0) is 9.47 Å². The predicted octanol–water partition coefficient (Wildman–Crippen LogP) is 4.41. The van der Waals surface area contributed by atoms with Crippen molar-refractivity contribution in [1.29, 1.82) is 0 Å². The second-order valence-corrected chi connectivity index (χ2v) is 7.40. The fourth-order valence-corrected chi connectivity index (χ4v) is 3.21. The highest BCUT2D eigenvalue weighted by Gasteiger charge is 2.29. The van der Waals surface area contributed by atoms with Gasteiger partial charge in [0.05, 0.1) is 17.8 Å². The lowest BCUT2D eigenvalue weighted by molar-refractivity contribution is 0.0370. The molecule has 0 unspecified atom stereocenters. The van der Waals surface area contributed by atoms with E-state index in [1.165, 1.54) is 0 Å². The largest absolute Gasteiger partial charge is 0.459 e. The zero-order valence-electron chi connectivity index (χ0n) is 15.9. The Hall–Kier alpha value is -2.67. The summed E-state index contributed by atoms with van der Waals surface area (Å²) >= 11 is 0.897. The molecular weight excluding hydrogens is 368 g/mol. The molecule has 1 aromatic heterocycles. The molecule has 0 bridgehead atoms. The van der Waals surface area contributed by atoms with Crippen LogP contribution in [0.5, 0.6) is 5.75 Å². The van der Waals surface area contributed by atoms with Gasteiger partial charge in [0.15, 0.2) is 10.6 Å². The Labute approximate surface area is 162 Å².